The Morgan fingerprint density at radius 1 is 1.00 bits per heavy atom. The van der Waals surface area contributed by atoms with E-state index >= 15 is 0 Å². The van der Waals surface area contributed by atoms with Gasteiger partial charge in [0.25, 0.3) is 11.8 Å². The van der Waals surface area contributed by atoms with E-state index in [-0.39, 0.29) is 23.9 Å². The topological polar surface area (TPSA) is 71.5 Å². The first-order valence-corrected chi connectivity index (χ1v) is 10.2. The first-order valence-electron chi connectivity index (χ1n) is 10.2. The Labute approximate surface area is 185 Å². The van der Waals surface area contributed by atoms with Crippen LogP contribution in [0, 0.1) is 5.82 Å². The largest absolute Gasteiger partial charge is 0.491 e. The van der Waals surface area contributed by atoms with E-state index < -0.39 is 17.6 Å². The van der Waals surface area contributed by atoms with E-state index in [1.165, 1.54) is 18.2 Å². The summed E-state index contributed by atoms with van der Waals surface area (Å²) >= 11 is 0. The third-order valence-corrected chi connectivity index (χ3v) is 4.82. The molecular formula is C25H22FN3O3. The van der Waals surface area contributed by atoms with Crippen LogP contribution in [0.5, 0.6) is 5.75 Å². The molecule has 0 saturated heterocycles. The first kappa shape index (κ1) is 21.2. The van der Waals surface area contributed by atoms with Crippen LogP contribution in [0.25, 0.3) is 5.57 Å². The van der Waals surface area contributed by atoms with Gasteiger partial charge in [-0.3, -0.25) is 19.5 Å². The van der Waals surface area contributed by atoms with Gasteiger partial charge in [0.2, 0.25) is 0 Å². The van der Waals surface area contributed by atoms with E-state index in [2.05, 4.69) is 10.3 Å². The van der Waals surface area contributed by atoms with Crippen molar-refractivity contribution in [2.24, 2.45) is 0 Å². The Kier molecular flexibility index (Phi) is 5.98. The van der Waals surface area contributed by atoms with Gasteiger partial charge in [0, 0.05) is 11.9 Å². The van der Waals surface area contributed by atoms with Crippen molar-refractivity contribution in [2.75, 3.05) is 5.32 Å². The summed E-state index contributed by atoms with van der Waals surface area (Å²) in [7, 11) is 0. The zero-order valence-corrected chi connectivity index (χ0v) is 17.7. The molecule has 0 atom stereocenters. The third-order valence-electron chi connectivity index (χ3n) is 4.82. The number of hydrogen-bond donors (Lipinski definition) is 1. The summed E-state index contributed by atoms with van der Waals surface area (Å²) in [6.45, 7) is 3.88. The maximum Gasteiger partial charge on any atom is 0.278 e. The predicted molar refractivity (Wildman–Crippen MR) is 119 cm³/mol. The molecule has 32 heavy (non-hydrogen) atoms. The quantitative estimate of drug-likeness (QED) is 0.562. The second kappa shape index (κ2) is 9.01. The first-order chi connectivity index (χ1) is 15.4. The number of nitrogens with one attached hydrogen (secondary N) is 1. The summed E-state index contributed by atoms with van der Waals surface area (Å²) in [6.07, 6.45) is 1.61. The molecule has 0 fully saturated rings. The second-order valence-corrected chi connectivity index (χ2v) is 7.59. The predicted octanol–water partition coefficient (Wildman–Crippen LogP) is 4.40. The normalized spacial score (nSPS) is 13.8. The van der Waals surface area contributed by atoms with Gasteiger partial charge in [0.1, 0.15) is 17.3 Å². The van der Waals surface area contributed by atoms with Crippen LogP contribution in [0.15, 0.2) is 78.6 Å². The van der Waals surface area contributed by atoms with Gasteiger partial charge >= 0.3 is 0 Å². The molecule has 6 nitrogen and oxygen atoms in total. The fourth-order valence-electron chi connectivity index (χ4n) is 3.44. The number of aromatic nitrogens is 1. The molecule has 1 aliphatic rings. The van der Waals surface area contributed by atoms with Gasteiger partial charge in [-0.05, 0) is 61.9 Å². The van der Waals surface area contributed by atoms with E-state index in [0.717, 1.165) is 4.90 Å². The molecule has 2 aromatic carbocycles. The van der Waals surface area contributed by atoms with Crippen LogP contribution in [0.3, 0.4) is 0 Å². The van der Waals surface area contributed by atoms with Crippen LogP contribution in [-0.2, 0) is 16.1 Å². The lowest BCUT2D eigenvalue weighted by Crippen LogP contribution is -2.32. The number of imide groups is 1. The average molecular weight is 431 g/mol. The molecule has 162 valence electrons. The van der Waals surface area contributed by atoms with Gasteiger partial charge in [0.05, 0.1) is 23.9 Å². The van der Waals surface area contributed by atoms with Crippen LogP contribution in [0.2, 0.25) is 0 Å². The standard InChI is InChI=1S/C25H22FN3O3/c1-16(2)32-21-11-9-17(10-12-21)22-23(28-19-8-5-6-18(26)14-19)25(31)29(24(22)30)15-20-7-3-4-13-27-20/h3-14,16,28H,15H2,1-2H3. The average Bonchev–Trinajstić information content (AvgIpc) is 2.99. The summed E-state index contributed by atoms with van der Waals surface area (Å²) in [5.41, 5.74) is 1.82. The number of benzene rings is 2. The second-order valence-electron chi connectivity index (χ2n) is 7.59. The fourth-order valence-corrected chi connectivity index (χ4v) is 3.44. The van der Waals surface area contributed by atoms with E-state index in [9.17, 15) is 14.0 Å². The van der Waals surface area contributed by atoms with Crippen LogP contribution >= 0.6 is 0 Å². The smallest absolute Gasteiger partial charge is 0.278 e. The zero-order valence-electron chi connectivity index (χ0n) is 17.7. The number of anilines is 1. The van der Waals surface area contributed by atoms with Gasteiger partial charge in [-0.15, -0.1) is 0 Å². The molecule has 4 rings (SSSR count). The number of rotatable bonds is 7. The molecule has 0 aliphatic carbocycles. The van der Waals surface area contributed by atoms with E-state index in [0.29, 0.717) is 22.7 Å². The summed E-state index contributed by atoms with van der Waals surface area (Å²) in [6, 6.07) is 18.0. The van der Waals surface area contributed by atoms with E-state index in [1.54, 1.807) is 54.7 Å². The van der Waals surface area contributed by atoms with Crippen molar-refractivity contribution in [3.05, 3.63) is 95.7 Å². The molecule has 3 aromatic rings. The van der Waals surface area contributed by atoms with Crippen molar-refractivity contribution in [1.82, 2.24) is 9.88 Å². The molecule has 0 bridgehead atoms. The van der Waals surface area contributed by atoms with Crippen LogP contribution < -0.4 is 10.1 Å². The van der Waals surface area contributed by atoms with E-state index in [4.69, 9.17) is 4.74 Å². The Balaban J connectivity index is 1.72. The molecule has 0 radical (unpaired) electrons. The SMILES string of the molecule is CC(C)Oc1ccc(C2=C(Nc3cccc(F)c3)C(=O)N(Cc3ccccn3)C2=O)cc1. The molecule has 1 aromatic heterocycles. The molecule has 1 N–H and O–H groups in total. The number of halogens is 1. The van der Waals surface area contributed by atoms with Crippen LogP contribution in [-0.4, -0.2) is 27.8 Å². The molecule has 2 amide bonds. The van der Waals surface area contributed by atoms with Gasteiger partial charge in [-0.1, -0.05) is 24.3 Å². The number of ether oxygens (including phenoxy) is 1. The monoisotopic (exact) mass is 431 g/mol. The van der Waals surface area contributed by atoms with Gasteiger partial charge < -0.3 is 10.1 Å². The van der Waals surface area contributed by atoms with Crippen molar-refractivity contribution < 1.29 is 18.7 Å². The highest BCUT2D eigenvalue weighted by atomic mass is 19.1. The Morgan fingerprint density at radius 2 is 1.78 bits per heavy atom. The third kappa shape index (κ3) is 4.51. The van der Waals surface area contributed by atoms with Gasteiger partial charge in [-0.25, -0.2) is 4.39 Å². The molecule has 7 heteroatoms. The van der Waals surface area contributed by atoms with Crippen molar-refractivity contribution in [2.45, 2.75) is 26.5 Å². The summed E-state index contributed by atoms with van der Waals surface area (Å²) in [5.74, 6) is -0.736. The minimum atomic E-state index is -0.498. The van der Waals surface area contributed by atoms with Gasteiger partial charge in [-0.2, -0.15) is 0 Å². The van der Waals surface area contributed by atoms with Gasteiger partial charge in [0.15, 0.2) is 0 Å². The van der Waals surface area contributed by atoms with Crippen molar-refractivity contribution in [3.63, 3.8) is 0 Å². The van der Waals surface area contributed by atoms with E-state index in [1.807, 2.05) is 13.8 Å². The summed E-state index contributed by atoms with van der Waals surface area (Å²) in [4.78, 5) is 31.9. The Bertz CT molecular complexity index is 1170. The molecule has 0 unspecified atom stereocenters. The highest BCUT2D eigenvalue weighted by Gasteiger charge is 2.39. The molecule has 1 aliphatic heterocycles. The maximum atomic E-state index is 13.7. The number of carbonyl (C=O) groups excluding carboxylic acids is 2. The summed E-state index contributed by atoms with van der Waals surface area (Å²) < 4.78 is 19.4. The number of pyridine rings is 1. The highest BCUT2D eigenvalue weighted by molar-refractivity contribution is 6.36. The number of carbonyl (C=O) groups is 2. The van der Waals surface area contributed by atoms with Crippen LogP contribution in [0.4, 0.5) is 10.1 Å². The molecule has 0 saturated carbocycles. The van der Waals surface area contributed by atoms with Crippen LogP contribution in [0.1, 0.15) is 25.1 Å². The van der Waals surface area contributed by atoms with Crippen molar-refractivity contribution in [3.8, 4) is 5.75 Å². The van der Waals surface area contributed by atoms with Crippen molar-refractivity contribution in [1.29, 1.82) is 0 Å². The number of nitrogens with zero attached hydrogens (tertiary/aromatic N) is 2. The molecule has 0 spiro atoms. The minimum absolute atomic E-state index is 0.00817. The highest BCUT2D eigenvalue weighted by Crippen LogP contribution is 2.32. The lowest BCUT2D eigenvalue weighted by Gasteiger charge is -2.15. The zero-order chi connectivity index (χ0) is 22.7. The van der Waals surface area contributed by atoms with Crippen molar-refractivity contribution >= 4 is 23.1 Å². The number of amides is 2. The number of hydrogen-bond acceptors (Lipinski definition) is 5. The Hall–Kier alpha value is -4.00. The Morgan fingerprint density at radius 3 is 2.44 bits per heavy atom. The summed E-state index contributed by atoms with van der Waals surface area (Å²) in [5, 5.41) is 2.95. The fraction of sp³-hybridized carbons (Fsp3) is 0.160. The molecular weight excluding hydrogens is 409 g/mol. The lowest BCUT2D eigenvalue weighted by atomic mass is 10.0. The maximum absolute atomic E-state index is 13.7. The lowest BCUT2D eigenvalue weighted by molar-refractivity contribution is -0.137. The molecule has 2 heterocycles. The minimum Gasteiger partial charge on any atom is -0.491 e.